The summed E-state index contributed by atoms with van der Waals surface area (Å²) >= 11 is 0. The second kappa shape index (κ2) is 8.43. The van der Waals surface area contributed by atoms with Crippen LogP contribution in [0.4, 0.5) is 5.95 Å². The van der Waals surface area contributed by atoms with Crippen molar-refractivity contribution in [1.29, 1.82) is 0 Å². The highest BCUT2D eigenvalue weighted by Gasteiger charge is 2.26. The number of amides is 1. The maximum atomic E-state index is 12.4. The first-order valence-corrected chi connectivity index (χ1v) is 8.66. The van der Waals surface area contributed by atoms with Crippen LogP contribution in [0.25, 0.3) is 0 Å². The zero-order chi connectivity index (χ0) is 16.6. The van der Waals surface area contributed by atoms with Gasteiger partial charge < -0.3 is 10.2 Å². The minimum atomic E-state index is 0.0271. The van der Waals surface area contributed by atoms with Gasteiger partial charge in [0, 0.05) is 32.0 Å². The number of carbonyl (C=O) groups is 1. The van der Waals surface area contributed by atoms with E-state index in [0.29, 0.717) is 6.54 Å². The predicted octanol–water partition coefficient (Wildman–Crippen LogP) is 2.44. The lowest BCUT2D eigenvalue weighted by Gasteiger charge is -2.31. The van der Waals surface area contributed by atoms with Crippen LogP contribution in [0.2, 0.25) is 0 Å². The van der Waals surface area contributed by atoms with Crippen LogP contribution in [0.3, 0.4) is 0 Å². The molecule has 0 bridgehead atoms. The van der Waals surface area contributed by atoms with Crippen molar-refractivity contribution < 1.29 is 4.79 Å². The molecular weight excluding hydrogens is 300 g/mol. The number of aryl methyl sites for hydroxylation is 1. The molecule has 1 aromatic carbocycles. The van der Waals surface area contributed by atoms with E-state index in [-0.39, 0.29) is 11.8 Å². The van der Waals surface area contributed by atoms with Gasteiger partial charge >= 0.3 is 0 Å². The Bertz CT molecular complexity index is 632. The number of aromatic nitrogens is 2. The summed E-state index contributed by atoms with van der Waals surface area (Å²) < 4.78 is 0. The summed E-state index contributed by atoms with van der Waals surface area (Å²) in [5.74, 6) is 0.905. The van der Waals surface area contributed by atoms with Gasteiger partial charge in [0.15, 0.2) is 0 Å². The standard InChI is InChI=1S/C19H24N4O/c24-18(20-11-4-9-16-7-2-1-3-8-16)17-10-5-14-23(15-17)19-21-12-6-13-22-19/h1-3,6-8,12-13,17H,4-5,9-11,14-15H2,(H,20,24)/t17-/m1/s1. The third-order valence-electron chi connectivity index (χ3n) is 4.41. The molecule has 1 fully saturated rings. The van der Waals surface area contributed by atoms with Crippen LogP contribution in [-0.2, 0) is 11.2 Å². The topological polar surface area (TPSA) is 58.1 Å². The lowest BCUT2D eigenvalue weighted by atomic mass is 9.97. The summed E-state index contributed by atoms with van der Waals surface area (Å²) in [6, 6.07) is 12.2. The highest BCUT2D eigenvalue weighted by molar-refractivity contribution is 5.79. The molecule has 24 heavy (non-hydrogen) atoms. The highest BCUT2D eigenvalue weighted by atomic mass is 16.1. The molecule has 0 saturated carbocycles. The first-order valence-electron chi connectivity index (χ1n) is 8.66. The molecule has 1 aromatic heterocycles. The van der Waals surface area contributed by atoms with Crippen molar-refractivity contribution in [2.24, 2.45) is 5.92 Å². The number of rotatable bonds is 6. The molecule has 1 aliphatic heterocycles. The third-order valence-corrected chi connectivity index (χ3v) is 4.41. The van der Waals surface area contributed by atoms with Crippen LogP contribution in [0.5, 0.6) is 0 Å². The number of nitrogens with zero attached hydrogens (tertiary/aromatic N) is 3. The molecule has 1 amide bonds. The van der Waals surface area contributed by atoms with Crippen molar-refractivity contribution in [3.63, 3.8) is 0 Å². The Hall–Kier alpha value is -2.43. The molecule has 5 nitrogen and oxygen atoms in total. The van der Waals surface area contributed by atoms with Gasteiger partial charge in [0.05, 0.1) is 5.92 Å². The van der Waals surface area contributed by atoms with E-state index in [1.54, 1.807) is 12.4 Å². The quantitative estimate of drug-likeness (QED) is 0.829. The fraction of sp³-hybridized carbons (Fsp3) is 0.421. The van der Waals surface area contributed by atoms with E-state index in [0.717, 1.165) is 44.7 Å². The van der Waals surface area contributed by atoms with Gasteiger partial charge in [-0.25, -0.2) is 9.97 Å². The molecule has 1 saturated heterocycles. The van der Waals surface area contributed by atoms with Gasteiger partial charge in [-0.1, -0.05) is 30.3 Å². The van der Waals surface area contributed by atoms with Gasteiger partial charge in [-0.05, 0) is 37.3 Å². The van der Waals surface area contributed by atoms with Crippen molar-refractivity contribution in [2.75, 3.05) is 24.5 Å². The molecule has 5 heteroatoms. The van der Waals surface area contributed by atoms with E-state index in [4.69, 9.17) is 0 Å². The van der Waals surface area contributed by atoms with Gasteiger partial charge in [-0.3, -0.25) is 4.79 Å². The fourth-order valence-corrected chi connectivity index (χ4v) is 3.12. The second-order valence-corrected chi connectivity index (χ2v) is 6.21. The van der Waals surface area contributed by atoms with E-state index in [2.05, 4.69) is 44.5 Å². The minimum absolute atomic E-state index is 0.0271. The monoisotopic (exact) mass is 324 g/mol. The Morgan fingerprint density at radius 2 is 1.96 bits per heavy atom. The highest BCUT2D eigenvalue weighted by Crippen LogP contribution is 2.20. The summed E-state index contributed by atoms with van der Waals surface area (Å²) in [4.78, 5) is 23.1. The Balaban J connectivity index is 1.43. The molecule has 1 N–H and O–H groups in total. The maximum Gasteiger partial charge on any atom is 0.225 e. The molecule has 126 valence electrons. The van der Waals surface area contributed by atoms with Gasteiger partial charge in [0.25, 0.3) is 0 Å². The van der Waals surface area contributed by atoms with Crippen molar-refractivity contribution in [3.8, 4) is 0 Å². The van der Waals surface area contributed by atoms with Crippen LogP contribution in [0.15, 0.2) is 48.8 Å². The van der Waals surface area contributed by atoms with Crippen LogP contribution in [-0.4, -0.2) is 35.5 Å². The predicted molar refractivity (Wildman–Crippen MR) is 94.7 cm³/mol. The SMILES string of the molecule is O=C(NCCCc1ccccc1)[C@@H]1CCCN(c2ncccn2)C1. The lowest BCUT2D eigenvalue weighted by molar-refractivity contribution is -0.125. The Morgan fingerprint density at radius 3 is 2.75 bits per heavy atom. The molecule has 2 heterocycles. The number of hydrogen-bond donors (Lipinski definition) is 1. The van der Waals surface area contributed by atoms with Gasteiger partial charge in [-0.2, -0.15) is 0 Å². The molecule has 0 spiro atoms. The smallest absolute Gasteiger partial charge is 0.225 e. The first-order chi connectivity index (χ1) is 11.8. The number of hydrogen-bond acceptors (Lipinski definition) is 4. The summed E-state index contributed by atoms with van der Waals surface area (Å²) in [5, 5.41) is 3.09. The number of benzene rings is 1. The van der Waals surface area contributed by atoms with Crippen molar-refractivity contribution >= 4 is 11.9 Å². The first kappa shape index (κ1) is 16.4. The zero-order valence-electron chi connectivity index (χ0n) is 13.9. The van der Waals surface area contributed by atoms with Crippen molar-refractivity contribution in [3.05, 3.63) is 54.4 Å². The molecule has 1 aliphatic rings. The number of carbonyl (C=O) groups excluding carboxylic acids is 1. The van der Waals surface area contributed by atoms with E-state index >= 15 is 0 Å². The Kier molecular flexibility index (Phi) is 5.77. The van der Waals surface area contributed by atoms with E-state index in [1.165, 1.54) is 5.56 Å². The fourth-order valence-electron chi connectivity index (χ4n) is 3.12. The number of anilines is 1. The lowest BCUT2D eigenvalue weighted by Crippen LogP contribution is -2.43. The molecule has 2 aromatic rings. The van der Waals surface area contributed by atoms with Crippen LogP contribution < -0.4 is 10.2 Å². The number of piperidine rings is 1. The number of nitrogens with one attached hydrogen (secondary N) is 1. The van der Waals surface area contributed by atoms with E-state index in [1.807, 2.05) is 12.1 Å². The summed E-state index contributed by atoms with van der Waals surface area (Å²) in [7, 11) is 0. The molecular formula is C19H24N4O. The van der Waals surface area contributed by atoms with E-state index < -0.39 is 0 Å². The molecule has 0 unspecified atom stereocenters. The van der Waals surface area contributed by atoms with Gasteiger partial charge in [-0.15, -0.1) is 0 Å². The van der Waals surface area contributed by atoms with Crippen LogP contribution in [0, 0.1) is 5.92 Å². The summed E-state index contributed by atoms with van der Waals surface area (Å²) in [5.41, 5.74) is 1.32. The largest absolute Gasteiger partial charge is 0.356 e. The summed E-state index contributed by atoms with van der Waals surface area (Å²) in [6.45, 7) is 2.35. The van der Waals surface area contributed by atoms with Gasteiger partial charge in [0.1, 0.15) is 0 Å². The van der Waals surface area contributed by atoms with Crippen molar-refractivity contribution in [2.45, 2.75) is 25.7 Å². The zero-order valence-corrected chi connectivity index (χ0v) is 13.9. The Morgan fingerprint density at radius 1 is 1.17 bits per heavy atom. The van der Waals surface area contributed by atoms with Crippen molar-refractivity contribution in [1.82, 2.24) is 15.3 Å². The molecule has 1 atom stereocenters. The average Bonchev–Trinajstić information content (AvgIpc) is 2.67. The molecule has 0 aliphatic carbocycles. The Labute approximate surface area is 143 Å². The molecule has 0 radical (unpaired) electrons. The maximum absolute atomic E-state index is 12.4. The van der Waals surface area contributed by atoms with Crippen LogP contribution >= 0.6 is 0 Å². The minimum Gasteiger partial charge on any atom is -0.356 e. The normalized spacial score (nSPS) is 17.5. The van der Waals surface area contributed by atoms with E-state index in [9.17, 15) is 4.79 Å². The molecule has 3 rings (SSSR count). The average molecular weight is 324 g/mol. The second-order valence-electron chi connectivity index (χ2n) is 6.21. The van der Waals surface area contributed by atoms with Crippen LogP contribution in [0.1, 0.15) is 24.8 Å². The third kappa shape index (κ3) is 4.54. The summed E-state index contributed by atoms with van der Waals surface area (Å²) in [6.07, 6.45) is 7.39. The van der Waals surface area contributed by atoms with Gasteiger partial charge in [0.2, 0.25) is 11.9 Å².